The third-order valence-electron chi connectivity index (χ3n) is 3.16. The normalized spacial score (nSPS) is 10.6. The number of anilines is 3. The van der Waals surface area contributed by atoms with Crippen LogP contribution in [0.1, 0.15) is 5.56 Å². The minimum atomic E-state index is 0.751. The highest BCUT2D eigenvalue weighted by Gasteiger charge is 2.04. The Bertz CT molecular complexity index is 735. The summed E-state index contributed by atoms with van der Waals surface area (Å²) in [5, 5.41) is 5.43. The van der Waals surface area contributed by atoms with Crippen LogP contribution in [0.4, 0.5) is 17.1 Å². The van der Waals surface area contributed by atoms with Crippen LogP contribution in [0.3, 0.4) is 0 Å². The third-order valence-corrected chi connectivity index (χ3v) is 3.16. The Hall–Kier alpha value is -2.55. The molecule has 0 atom stereocenters. The largest absolute Gasteiger partial charge is 0.397 e. The summed E-state index contributed by atoms with van der Waals surface area (Å²) in [6.07, 6.45) is 3.58. The molecule has 3 heteroatoms. The Morgan fingerprint density at radius 2 is 2.00 bits per heavy atom. The molecule has 2 aromatic carbocycles. The van der Waals surface area contributed by atoms with Crippen LogP contribution in [0.15, 0.2) is 54.9 Å². The van der Waals surface area contributed by atoms with Crippen molar-refractivity contribution in [2.45, 2.75) is 6.92 Å². The Kier molecular flexibility index (Phi) is 2.80. The number of aryl methyl sites for hydroxylation is 1. The lowest BCUT2D eigenvalue weighted by atomic mass is 10.1. The Morgan fingerprint density at radius 1 is 1.11 bits per heavy atom. The fourth-order valence-electron chi connectivity index (χ4n) is 2.18. The van der Waals surface area contributed by atoms with E-state index >= 15 is 0 Å². The molecule has 0 unspecified atom stereocenters. The molecular formula is C16H15N3. The van der Waals surface area contributed by atoms with Crippen LogP contribution < -0.4 is 11.1 Å². The van der Waals surface area contributed by atoms with E-state index in [1.54, 1.807) is 6.20 Å². The van der Waals surface area contributed by atoms with E-state index in [1.165, 1.54) is 5.56 Å². The summed E-state index contributed by atoms with van der Waals surface area (Å²) in [6.45, 7) is 2.07. The predicted molar refractivity (Wildman–Crippen MR) is 80.6 cm³/mol. The highest BCUT2D eigenvalue weighted by Crippen LogP contribution is 2.30. The second-order valence-electron chi connectivity index (χ2n) is 4.62. The maximum absolute atomic E-state index is 6.21. The minimum absolute atomic E-state index is 0.751. The van der Waals surface area contributed by atoms with Crippen LogP contribution in [0.25, 0.3) is 10.8 Å². The van der Waals surface area contributed by atoms with Crippen molar-refractivity contribution in [3.63, 3.8) is 0 Å². The molecule has 0 aliphatic carbocycles. The first-order chi connectivity index (χ1) is 9.24. The van der Waals surface area contributed by atoms with Gasteiger partial charge in [-0.05, 0) is 36.8 Å². The molecule has 3 rings (SSSR count). The van der Waals surface area contributed by atoms with Crippen molar-refractivity contribution in [1.82, 2.24) is 4.98 Å². The molecule has 94 valence electrons. The van der Waals surface area contributed by atoms with Gasteiger partial charge in [-0.15, -0.1) is 0 Å². The Balaban J connectivity index is 2.04. The average Bonchev–Trinajstić information content (AvgIpc) is 2.42. The van der Waals surface area contributed by atoms with E-state index in [1.807, 2.05) is 36.5 Å². The van der Waals surface area contributed by atoms with Gasteiger partial charge in [0.1, 0.15) is 0 Å². The zero-order valence-electron chi connectivity index (χ0n) is 10.7. The van der Waals surface area contributed by atoms with Gasteiger partial charge in [0.05, 0.1) is 11.4 Å². The number of aromatic nitrogens is 1. The number of nitrogens with zero attached hydrogens (tertiary/aromatic N) is 1. The number of hydrogen-bond donors (Lipinski definition) is 2. The Labute approximate surface area is 112 Å². The summed E-state index contributed by atoms with van der Waals surface area (Å²) in [5.74, 6) is 0. The molecule has 0 spiro atoms. The molecule has 0 aliphatic heterocycles. The van der Waals surface area contributed by atoms with E-state index in [0.29, 0.717) is 0 Å². The molecule has 1 heterocycles. The van der Waals surface area contributed by atoms with Crippen LogP contribution >= 0.6 is 0 Å². The minimum Gasteiger partial charge on any atom is -0.397 e. The van der Waals surface area contributed by atoms with E-state index in [2.05, 4.69) is 29.4 Å². The van der Waals surface area contributed by atoms with Gasteiger partial charge in [-0.25, -0.2) is 0 Å². The van der Waals surface area contributed by atoms with Crippen molar-refractivity contribution in [3.8, 4) is 0 Å². The monoisotopic (exact) mass is 249 g/mol. The van der Waals surface area contributed by atoms with E-state index in [0.717, 1.165) is 27.8 Å². The molecule has 3 nitrogen and oxygen atoms in total. The van der Waals surface area contributed by atoms with E-state index in [-0.39, 0.29) is 0 Å². The summed E-state index contributed by atoms with van der Waals surface area (Å²) >= 11 is 0. The first-order valence-electron chi connectivity index (χ1n) is 6.20. The van der Waals surface area contributed by atoms with Crippen LogP contribution in [-0.4, -0.2) is 4.98 Å². The van der Waals surface area contributed by atoms with E-state index in [9.17, 15) is 0 Å². The molecule has 0 saturated heterocycles. The second kappa shape index (κ2) is 4.61. The fraction of sp³-hybridized carbons (Fsp3) is 0.0625. The molecule has 3 N–H and O–H groups in total. The van der Waals surface area contributed by atoms with Gasteiger partial charge >= 0.3 is 0 Å². The highest BCUT2D eigenvalue weighted by atomic mass is 14.9. The topological polar surface area (TPSA) is 50.9 Å². The first-order valence-corrected chi connectivity index (χ1v) is 6.20. The maximum atomic E-state index is 6.21. The number of pyridine rings is 1. The zero-order chi connectivity index (χ0) is 13.2. The molecule has 0 aliphatic rings. The molecule has 0 bridgehead atoms. The first kappa shape index (κ1) is 11.5. The lowest BCUT2D eigenvalue weighted by molar-refractivity contribution is 1.36. The van der Waals surface area contributed by atoms with Crippen molar-refractivity contribution in [3.05, 3.63) is 60.4 Å². The summed E-state index contributed by atoms with van der Waals surface area (Å²) < 4.78 is 0. The number of benzene rings is 2. The SMILES string of the molecule is Cc1cccc(Nc2ccc3cnccc3c2N)c1. The zero-order valence-corrected chi connectivity index (χ0v) is 10.7. The molecule has 0 saturated carbocycles. The predicted octanol–water partition coefficient (Wildman–Crippen LogP) is 3.87. The summed E-state index contributed by atoms with van der Waals surface area (Å²) in [7, 11) is 0. The molecular weight excluding hydrogens is 234 g/mol. The molecule has 1 aromatic heterocycles. The van der Waals surface area contributed by atoms with Gasteiger partial charge < -0.3 is 11.1 Å². The summed E-state index contributed by atoms with van der Waals surface area (Å²) in [5.41, 5.74) is 10.1. The van der Waals surface area contributed by atoms with Gasteiger partial charge in [0.15, 0.2) is 0 Å². The van der Waals surface area contributed by atoms with Crippen molar-refractivity contribution < 1.29 is 0 Å². The fourth-order valence-corrected chi connectivity index (χ4v) is 2.18. The molecule has 0 fully saturated rings. The van der Waals surface area contributed by atoms with Gasteiger partial charge in [-0.2, -0.15) is 0 Å². The third kappa shape index (κ3) is 2.22. The highest BCUT2D eigenvalue weighted by molar-refractivity contribution is 5.99. The van der Waals surface area contributed by atoms with Crippen molar-refractivity contribution >= 4 is 27.8 Å². The maximum Gasteiger partial charge on any atom is 0.0634 e. The van der Waals surface area contributed by atoms with E-state index < -0.39 is 0 Å². The number of rotatable bonds is 2. The summed E-state index contributed by atoms with van der Waals surface area (Å²) in [4.78, 5) is 4.10. The number of fused-ring (bicyclic) bond motifs is 1. The lowest BCUT2D eigenvalue weighted by Gasteiger charge is -2.12. The summed E-state index contributed by atoms with van der Waals surface area (Å²) in [6, 6.07) is 14.2. The van der Waals surface area contributed by atoms with Crippen LogP contribution in [0.2, 0.25) is 0 Å². The lowest BCUT2D eigenvalue weighted by Crippen LogP contribution is -1.97. The van der Waals surface area contributed by atoms with Crippen molar-refractivity contribution in [1.29, 1.82) is 0 Å². The quantitative estimate of drug-likeness (QED) is 0.678. The van der Waals surface area contributed by atoms with Gasteiger partial charge in [0.25, 0.3) is 0 Å². The molecule has 0 amide bonds. The van der Waals surface area contributed by atoms with Gasteiger partial charge in [-0.3, -0.25) is 4.98 Å². The van der Waals surface area contributed by atoms with Gasteiger partial charge in [0, 0.05) is 28.9 Å². The Morgan fingerprint density at radius 3 is 2.84 bits per heavy atom. The number of nitrogens with two attached hydrogens (primary N) is 1. The number of nitrogen functional groups attached to an aromatic ring is 1. The number of nitrogens with one attached hydrogen (secondary N) is 1. The van der Waals surface area contributed by atoms with Crippen LogP contribution in [0.5, 0.6) is 0 Å². The number of hydrogen-bond acceptors (Lipinski definition) is 3. The van der Waals surface area contributed by atoms with Gasteiger partial charge in [0.2, 0.25) is 0 Å². The van der Waals surface area contributed by atoms with Crippen LogP contribution in [-0.2, 0) is 0 Å². The molecule has 3 aromatic rings. The molecule has 0 radical (unpaired) electrons. The smallest absolute Gasteiger partial charge is 0.0634 e. The molecule has 19 heavy (non-hydrogen) atoms. The van der Waals surface area contributed by atoms with Crippen molar-refractivity contribution in [2.24, 2.45) is 0 Å². The van der Waals surface area contributed by atoms with Crippen molar-refractivity contribution in [2.75, 3.05) is 11.1 Å². The van der Waals surface area contributed by atoms with Crippen LogP contribution in [0, 0.1) is 6.92 Å². The second-order valence-corrected chi connectivity index (χ2v) is 4.62. The average molecular weight is 249 g/mol. The van der Waals surface area contributed by atoms with Gasteiger partial charge in [-0.1, -0.05) is 18.2 Å². The standard InChI is InChI=1S/C16H15N3/c1-11-3-2-4-13(9-11)19-15-6-5-12-10-18-8-7-14(12)16(15)17/h2-10,19H,17H2,1H3. The van der Waals surface area contributed by atoms with E-state index in [4.69, 9.17) is 5.73 Å².